The van der Waals surface area contributed by atoms with Crippen LogP contribution in [-0.2, 0) is 4.74 Å². The molecule has 122 valence electrons. The van der Waals surface area contributed by atoms with E-state index in [0.29, 0.717) is 5.02 Å². The van der Waals surface area contributed by atoms with Gasteiger partial charge in [-0.2, -0.15) is 0 Å². The quantitative estimate of drug-likeness (QED) is 0.764. The van der Waals surface area contributed by atoms with E-state index in [0.717, 1.165) is 48.6 Å². The van der Waals surface area contributed by atoms with Crippen molar-refractivity contribution in [2.75, 3.05) is 36.5 Å². The second-order valence-electron chi connectivity index (χ2n) is 5.79. The fraction of sp³-hybridized carbons (Fsp3) is 0.211. The molecule has 1 aliphatic heterocycles. The van der Waals surface area contributed by atoms with Crippen LogP contribution in [0.5, 0.6) is 0 Å². The molecule has 1 N–H and O–H groups in total. The van der Waals surface area contributed by atoms with E-state index in [1.54, 1.807) is 6.20 Å². The SMILES string of the molecule is Clc1ccc2c(Nc3ccc(N4CCOCC4)cc3)ccnc2c1. The Morgan fingerprint density at radius 2 is 1.79 bits per heavy atom. The minimum absolute atomic E-state index is 0.696. The normalized spacial score (nSPS) is 14.8. The van der Waals surface area contributed by atoms with Gasteiger partial charge in [0, 0.05) is 46.8 Å². The summed E-state index contributed by atoms with van der Waals surface area (Å²) in [4.78, 5) is 6.72. The van der Waals surface area contributed by atoms with E-state index < -0.39 is 0 Å². The van der Waals surface area contributed by atoms with E-state index in [-0.39, 0.29) is 0 Å². The molecule has 4 rings (SSSR count). The maximum absolute atomic E-state index is 6.05. The molecular weight excluding hydrogens is 322 g/mol. The van der Waals surface area contributed by atoms with Crippen LogP contribution >= 0.6 is 11.6 Å². The first-order chi connectivity index (χ1) is 11.8. The summed E-state index contributed by atoms with van der Waals surface area (Å²) in [5, 5.41) is 5.22. The van der Waals surface area contributed by atoms with Crippen LogP contribution < -0.4 is 10.2 Å². The topological polar surface area (TPSA) is 37.4 Å². The molecule has 0 radical (unpaired) electrons. The van der Waals surface area contributed by atoms with Crippen molar-refractivity contribution in [2.24, 2.45) is 0 Å². The van der Waals surface area contributed by atoms with Gasteiger partial charge >= 0.3 is 0 Å². The maximum Gasteiger partial charge on any atom is 0.0737 e. The van der Waals surface area contributed by atoms with Crippen molar-refractivity contribution in [3.8, 4) is 0 Å². The number of hydrogen-bond donors (Lipinski definition) is 1. The Morgan fingerprint density at radius 1 is 1.00 bits per heavy atom. The average Bonchev–Trinajstić information content (AvgIpc) is 2.63. The number of aromatic nitrogens is 1. The van der Waals surface area contributed by atoms with Crippen LogP contribution in [0.3, 0.4) is 0 Å². The number of anilines is 3. The summed E-state index contributed by atoms with van der Waals surface area (Å²) in [6, 6.07) is 16.2. The molecule has 0 amide bonds. The Bertz CT molecular complexity index is 845. The predicted molar refractivity (Wildman–Crippen MR) is 99.5 cm³/mol. The molecule has 1 fully saturated rings. The van der Waals surface area contributed by atoms with Crippen LogP contribution in [0.15, 0.2) is 54.7 Å². The van der Waals surface area contributed by atoms with Crippen molar-refractivity contribution in [1.82, 2.24) is 4.98 Å². The van der Waals surface area contributed by atoms with Crippen LogP contribution in [0.4, 0.5) is 17.1 Å². The van der Waals surface area contributed by atoms with Crippen molar-refractivity contribution >= 4 is 39.6 Å². The van der Waals surface area contributed by atoms with Crippen LogP contribution in [-0.4, -0.2) is 31.3 Å². The fourth-order valence-corrected chi connectivity index (χ4v) is 3.13. The smallest absolute Gasteiger partial charge is 0.0737 e. The summed E-state index contributed by atoms with van der Waals surface area (Å²) in [6.45, 7) is 3.49. The Morgan fingerprint density at radius 3 is 2.58 bits per heavy atom. The Kier molecular flexibility index (Phi) is 4.24. The number of halogens is 1. The molecule has 4 nitrogen and oxygen atoms in total. The van der Waals surface area contributed by atoms with Crippen molar-refractivity contribution < 1.29 is 4.74 Å². The van der Waals surface area contributed by atoms with Gasteiger partial charge < -0.3 is 15.0 Å². The largest absolute Gasteiger partial charge is 0.378 e. The lowest BCUT2D eigenvalue weighted by Crippen LogP contribution is -2.36. The summed E-state index contributed by atoms with van der Waals surface area (Å²) in [6.07, 6.45) is 1.79. The van der Waals surface area contributed by atoms with E-state index in [2.05, 4.69) is 39.5 Å². The molecule has 24 heavy (non-hydrogen) atoms. The molecule has 0 atom stereocenters. The number of pyridine rings is 1. The molecule has 2 heterocycles. The highest BCUT2D eigenvalue weighted by molar-refractivity contribution is 6.31. The third-order valence-corrected chi connectivity index (χ3v) is 4.46. The van der Waals surface area contributed by atoms with Crippen LogP contribution in [0.2, 0.25) is 5.02 Å². The molecule has 1 aromatic heterocycles. The number of morpholine rings is 1. The molecule has 5 heteroatoms. The number of rotatable bonds is 3. The summed E-state index contributed by atoms with van der Waals surface area (Å²) in [7, 11) is 0. The lowest BCUT2D eigenvalue weighted by atomic mass is 10.1. The van der Waals surface area contributed by atoms with Crippen molar-refractivity contribution in [2.45, 2.75) is 0 Å². The zero-order valence-electron chi connectivity index (χ0n) is 13.2. The van der Waals surface area contributed by atoms with E-state index in [9.17, 15) is 0 Å². The van der Waals surface area contributed by atoms with Gasteiger partial charge in [0.15, 0.2) is 0 Å². The monoisotopic (exact) mass is 339 g/mol. The Labute approximate surface area is 146 Å². The summed E-state index contributed by atoms with van der Waals surface area (Å²) >= 11 is 6.05. The second kappa shape index (κ2) is 6.67. The van der Waals surface area contributed by atoms with Gasteiger partial charge in [0.2, 0.25) is 0 Å². The first kappa shape index (κ1) is 15.2. The van der Waals surface area contributed by atoms with Crippen LogP contribution in [0.1, 0.15) is 0 Å². The fourth-order valence-electron chi connectivity index (χ4n) is 2.96. The van der Waals surface area contributed by atoms with Gasteiger partial charge in [0.25, 0.3) is 0 Å². The summed E-state index contributed by atoms with van der Waals surface area (Å²) in [5.41, 5.74) is 4.19. The van der Waals surface area contributed by atoms with E-state index >= 15 is 0 Å². The zero-order chi connectivity index (χ0) is 16.4. The van der Waals surface area contributed by atoms with E-state index in [1.165, 1.54) is 5.69 Å². The molecule has 1 aliphatic rings. The first-order valence-electron chi connectivity index (χ1n) is 8.04. The molecule has 0 unspecified atom stereocenters. The number of nitrogens with one attached hydrogen (secondary N) is 1. The standard InChI is InChI=1S/C19H18ClN3O/c20-14-1-6-17-18(7-8-21-19(17)13-14)22-15-2-4-16(5-3-15)23-9-11-24-12-10-23/h1-8,13H,9-12H2,(H,21,22). The van der Waals surface area contributed by atoms with Gasteiger partial charge in [-0.15, -0.1) is 0 Å². The van der Waals surface area contributed by atoms with Gasteiger partial charge in [-0.1, -0.05) is 11.6 Å². The van der Waals surface area contributed by atoms with Gasteiger partial charge in [0.1, 0.15) is 0 Å². The third-order valence-electron chi connectivity index (χ3n) is 4.23. The third kappa shape index (κ3) is 3.16. The molecule has 0 aliphatic carbocycles. The highest BCUT2D eigenvalue weighted by atomic mass is 35.5. The molecule has 0 spiro atoms. The maximum atomic E-state index is 6.05. The van der Waals surface area contributed by atoms with Crippen molar-refractivity contribution in [3.05, 3.63) is 59.8 Å². The highest BCUT2D eigenvalue weighted by Gasteiger charge is 2.11. The number of nitrogens with zero attached hydrogens (tertiary/aromatic N) is 2. The Balaban J connectivity index is 1.57. The number of ether oxygens (including phenoxy) is 1. The molecule has 3 aromatic rings. The van der Waals surface area contributed by atoms with Crippen LogP contribution in [0, 0.1) is 0 Å². The second-order valence-corrected chi connectivity index (χ2v) is 6.23. The lowest BCUT2D eigenvalue weighted by Gasteiger charge is -2.29. The number of hydrogen-bond acceptors (Lipinski definition) is 4. The number of benzene rings is 2. The van der Waals surface area contributed by atoms with Gasteiger partial charge in [0.05, 0.1) is 18.7 Å². The zero-order valence-corrected chi connectivity index (χ0v) is 14.0. The Hall–Kier alpha value is -2.30. The first-order valence-corrected chi connectivity index (χ1v) is 8.41. The molecular formula is C19H18ClN3O. The molecule has 2 aromatic carbocycles. The van der Waals surface area contributed by atoms with Crippen molar-refractivity contribution in [1.29, 1.82) is 0 Å². The van der Waals surface area contributed by atoms with Crippen LogP contribution in [0.25, 0.3) is 10.9 Å². The molecule has 0 saturated carbocycles. The number of fused-ring (bicyclic) bond motifs is 1. The highest BCUT2D eigenvalue weighted by Crippen LogP contribution is 2.28. The minimum atomic E-state index is 0.696. The predicted octanol–water partition coefficient (Wildman–Crippen LogP) is 4.47. The van der Waals surface area contributed by atoms with Crippen molar-refractivity contribution in [3.63, 3.8) is 0 Å². The van der Waals surface area contributed by atoms with Gasteiger partial charge in [-0.05, 0) is 48.5 Å². The van der Waals surface area contributed by atoms with E-state index in [1.807, 2.05) is 24.3 Å². The molecule has 1 saturated heterocycles. The average molecular weight is 340 g/mol. The summed E-state index contributed by atoms with van der Waals surface area (Å²) < 4.78 is 5.40. The van der Waals surface area contributed by atoms with E-state index in [4.69, 9.17) is 16.3 Å². The molecule has 0 bridgehead atoms. The summed E-state index contributed by atoms with van der Waals surface area (Å²) in [5.74, 6) is 0. The minimum Gasteiger partial charge on any atom is -0.378 e. The van der Waals surface area contributed by atoms with Gasteiger partial charge in [-0.25, -0.2) is 0 Å². The van der Waals surface area contributed by atoms with Gasteiger partial charge in [-0.3, -0.25) is 4.98 Å². The lowest BCUT2D eigenvalue weighted by molar-refractivity contribution is 0.122.